The van der Waals surface area contributed by atoms with E-state index in [9.17, 15) is 9.59 Å². The molecule has 1 N–H and O–H groups in total. The monoisotopic (exact) mass is 231 g/mol. The van der Waals surface area contributed by atoms with Gasteiger partial charge in [0, 0.05) is 6.54 Å². The topological polar surface area (TPSA) is 64.6 Å². The lowest BCUT2D eigenvalue weighted by atomic mass is 10.0. The Morgan fingerprint density at radius 2 is 1.94 bits per heavy atom. The van der Waals surface area contributed by atoms with Gasteiger partial charge in [0.25, 0.3) is 0 Å². The number of carbonyl (C=O) groups excluding carboxylic acids is 2. The number of hydrogen-bond donors (Lipinski definition) is 1. The van der Waals surface area contributed by atoms with Crippen LogP contribution in [0.25, 0.3) is 0 Å². The highest BCUT2D eigenvalue weighted by Crippen LogP contribution is 2.03. The molecular formula is C11H21NO4. The van der Waals surface area contributed by atoms with Gasteiger partial charge in [-0.2, -0.15) is 0 Å². The quantitative estimate of drug-likeness (QED) is 0.654. The Labute approximate surface area is 96.5 Å². The minimum absolute atomic E-state index is 0.120. The van der Waals surface area contributed by atoms with Gasteiger partial charge in [-0.1, -0.05) is 13.8 Å². The standard InChI is InChI=1S/C11H21NO4/c1-5-16-9(13)6-7-12-10(8(2)3)11(14)15-4/h8,10,12H,5-7H2,1-4H3. The third-order valence-corrected chi connectivity index (χ3v) is 2.12. The lowest BCUT2D eigenvalue weighted by Crippen LogP contribution is -2.42. The molecule has 0 aliphatic rings. The Kier molecular flexibility index (Phi) is 7.54. The summed E-state index contributed by atoms with van der Waals surface area (Å²) in [5.41, 5.74) is 0. The summed E-state index contributed by atoms with van der Waals surface area (Å²) in [5, 5.41) is 2.98. The van der Waals surface area contributed by atoms with E-state index >= 15 is 0 Å². The van der Waals surface area contributed by atoms with Crippen molar-refractivity contribution >= 4 is 11.9 Å². The number of esters is 2. The van der Waals surface area contributed by atoms with E-state index in [4.69, 9.17) is 4.74 Å². The van der Waals surface area contributed by atoms with E-state index < -0.39 is 0 Å². The lowest BCUT2D eigenvalue weighted by molar-refractivity contribution is -0.146. The molecule has 0 aromatic rings. The van der Waals surface area contributed by atoms with Crippen LogP contribution in [0.3, 0.4) is 0 Å². The van der Waals surface area contributed by atoms with Crippen LogP contribution in [0.4, 0.5) is 0 Å². The van der Waals surface area contributed by atoms with Gasteiger partial charge in [-0.15, -0.1) is 0 Å². The molecule has 0 amide bonds. The molecule has 0 aromatic carbocycles. The Morgan fingerprint density at radius 3 is 2.38 bits per heavy atom. The third kappa shape index (κ3) is 5.70. The second-order valence-electron chi connectivity index (χ2n) is 3.75. The number of nitrogens with one attached hydrogen (secondary N) is 1. The molecule has 5 heteroatoms. The van der Waals surface area contributed by atoms with Crippen molar-refractivity contribution < 1.29 is 19.1 Å². The number of rotatable bonds is 7. The van der Waals surface area contributed by atoms with Crippen molar-refractivity contribution in [2.24, 2.45) is 5.92 Å². The molecule has 0 radical (unpaired) electrons. The maximum absolute atomic E-state index is 11.4. The van der Waals surface area contributed by atoms with Gasteiger partial charge in [-0.3, -0.25) is 9.59 Å². The molecule has 0 bridgehead atoms. The second-order valence-corrected chi connectivity index (χ2v) is 3.75. The molecule has 0 spiro atoms. The van der Waals surface area contributed by atoms with Crippen molar-refractivity contribution in [3.8, 4) is 0 Å². The predicted molar refractivity (Wildman–Crippen MR) is 59.9 cm³/mol. The molecule has 0 heterocycles. The minimum atomic E-state index is -0.376. The lowest BCUT2D eigenvalue weighted by Gasteiger charge is -2.19. The fourth-order valence-electron chi connectivity index (χ4n) is 1.28. The average Bonchev–Trinajstić information content (AvgIpc) is 2.23. The molecule has 0 saturated heterocycles. The number of hydrogen-bond acceptors (Lipinski definition) is 5. The summed E-state index contributed by atoms with van der Waals surface area (Å²) in [4.78, 5) is 22.4. The molecule has 0 aliphatic heterocycles. The van der Waals surface area contributed by atoms with Gasteiger partial charge < -0.3 is 14.8 Å². The van der Waals surface area contributed by atoms with Crippen LogP contribution >= 0.6 is 0 Å². The van der Waals surface area contributed by atoms with E-state index in [1.807, 2.05) is 13.8 Å². The normalized spacial score (nSPS) is 12.3. The van der Waals surface area contributed by atoms with E-state index in [0.717, 1.165) is 0 Å². The summed E-state index contributed by atoms with van der Waals surface area (Å²) >= 11 is 0. The number of methoxy groups -OCH3 is 1. The third-order valence-electron chi connectivity index (χ3n) is 2.12. The first-order valence-corrected chi connectivity index (χ1v) is 5.49. The summed E-state index contributed by atoms with van der Waals surface area (Å²) in [6, 6.07) is -0.376. The average molecular weight is 231 g/mol. The summed E-state index contributed by atoms with van der Waals surface area (Å²) in [7, 11) is 1.35. The highest BCUT2D eigenvalue weighted by Gasteiger charge is 2.22. The van der Waals surface area contributed by atoms with Crippen molar-refractivity contribution in [2.75, 3.05) is 20.3 Å². The maximum Gasteiger partial charge on any atom is 0.323 e. The fourth-order valence-corrected chi connectivity index (χ4v) is 1.28. The van der Waals surface area contributed by atoms with Crippen LogP contribution in [-0.2, 0) is 19.1 Å². The van der Waals surface area contributed by atoms with Crippen LogP contribution in [0.2, 0.25) is 0 Å². The first kappa shape index (κ1) is 14.9. The molecule has 94 valence electrons. The molecule has 0 aliphatic carbocycles. The van der Waals surface area contributed by atoms with Crippen LogP contribution in [0.15, 0.2) is 0 Å². The molecular weight excluding hydrogens is 210 g/mol. The van der Waals surface area contributed by atoms with E-state index in [1.54, 1.807) is 6.92 Å². The highest BCUT2D eigenvalue weighted by atomic mass is 16.5. The zero-order valence-corrected chi connectivity index (χ0v) is 10.4. The van der Waals surface area contributed by atoms with Gasteiger partial charge in [0.05, 0.1) is 20.1 Å². The van der Waals surface area contributed by atoms with Crippen LogP contribution < -0.4 is 5.32 Å². The first-order chi connectivity index (χ1) is 7.52. The smallest absolute Gasteiger partial charge is 0.323 e. The largest absolute Gasteiger partial charge is 0.468 e. The van der Waals surface area contributed by atoms with Gasteiger partial charge in [-0.25, -0.2) is 0 Å². The Morgan fingerprint density at radius 1 is 1.31 bits per heavy atom. The number of carbonyl (C=O) groups is 2. The predicted octanol–water partition coefficient (Wildman–Crippen LogP) is 0.727. The van der Waals surface area contributed by atoms with E-state index in [2.05, 4.69) is 10.1 Å². The summed E-state index contributed by atoms with van der Waals surface area (Å²) in [5.74, 6) is -0.448. The molecule has 0 rings (SSSR count). The molecule has 1 unspecified atom stereocenters. The van der Waals surface area contributed by atoms with Crippen molar-refractivity contribution in [2.45, 2.75) is 33.2 Å². The Balaban J connectivity index is 3.94. The first-order valence-electron chi connectivity index (χ1n) is 5.49. The van der Waals surface area contributed by atoms with Crippen LogP contribution in [0, 0.1) is 5.92 Å². The van der Waals surface area contributed by atoms with E-state index in [0.29, 0.717) is 13.2 Å². The zero-order chi connectivity index (χ0) is 12.6. The summed E-state index contributed by atoms with van der Waals surface area (Å²) in [6.07, 6.45) is 0.258. The van der Waals surface area contributed by atoms with E-state index in [1.165, 1.54) is 7.11 Å². The van der Waals surface area contributed by atoms with Crippen molar-refractivity contribution in [3.63, 3.8) is 0 Å². The van der Waals surface area contributed by atoms with Crippen LogP contribution in [-0.4, -0.2) is 38.2 Å². The molecule has 0 saturated carbocycles. The molecule has 1 atom stereocenters. The maximum atomic E-state index is 11.4. The highest BCUT2D eigenvalue weighted by molar-refractivity contribution is 5.76. The van der Waals surface area contributed by atoms with Crippen molar-refractivity contribution in [1.29, 1.82) is 0 Å². The van der Waals surface area contributed by atoms with Gasteiger partial charge in [0.2, 0.25) is 0 Å². The van der Waals surface area contributed by atoms with Crippen molar-refractivity contribution in [3.05, 3.63) is 0 Å². The Hall–Kier alpha value is -1.10. The molecule has 5 nitrogen and oxygen atoms in total. The fraction of sp³-hybridized carbons (Fsp3) is 0.818. The van der Waals surface area contributed by atoms with Gasteiger partial charge in [0.15, 0.2) is 0 Å². The number of ether oxygens (including phenoxy) is 2. The van der Waals surface area contributed by atoms with E-state index in [-0.39, 0.29) is 30.3 Å². The van der Waals surface area contributed by atoms with Gasteiger partial charge in [-0.05, 0) is 12.8 Å². The molecule has 16 heavy (non-hydrogen) atoms. The minimum Gasteiger partial charge on any atom is -0.468 e. The van der Waals surface area contributed by atoms with Crippen LogP contribution in [0.5, 0.6) is 0 Å². The second kappa shape index (κ2) is 8.10. The Bertz CT molecular complexity index is 228. The summed E-state index contributed by atoms with van der Waals surface area (Å²) < 4.78 is 9.44. The van der Waals surface area contributed by atoms with Crippen molar-refractivity contribution in [1.82, 2.24) is 5.32 Å². The summed E-state index contributed by atoms with van der Waals surface area (Å²) in [6.45, 7) is 6.38. The van der Waals surface area contributed by atoms with Crippen LogP contribution in [0.1, 0.15) is 27.2 Å². The SMILES string of the molecule is CCOC(=O)CCNC(C(=O)OC)C(C)C. The zero-order valence-electron chi connectivity index (χ0n) is 10.4. The molecule has 0 fully saturated rings. The molecule has 0 aromatic heterocycles. The van der Waals surface area contributed by atoms with Gasteiger partial charge >= 0.3 is 11.9 Å². The van der Waals surface area contributed by atoms with Gasteiger partial charge in [0.1, 0.15) is 6.04 Å².